The highest BCUT2D eigenvalue weighted by Crippen LogP contribution is 2.28. The summed E-state index contributed by atoms with van der Waals surface area (Å²) in [4.78, 5) is 11.8. The van der Waals surface area contributed by atoms with Crippen molar-refractivity contribution in [2.45, 2.75) is 41.0 Å². The summed E-state index contributed by atoms with van der Waals surface area (Å²) in [6, 6.07) is 1.97. The molecule has 2 nitrogen and oxygen atoms in total. The summed E-state index contributed by atoms with van der Waals surface area (Å²) in [7, 11) is 0. The number of ketones is 1. The second kappa shape index (κ2) is 5.15. The predicted octanol–water partition coefficient (Wildman–Crippen LogP) is 3.60. The number of benzene rings is 1. The molecule has 0 saturated heterocycles. The molecule has 0 amide bonds. The smallest absolute Gasteiger partial charge is 0.163 e. The van der Waals surface area contributed by atoms with E-state index in [2.05, 4.69) is 0 Å². The predicted molar refractivity (Wildman–Crippen MR) is 66.4 cm³/mol. The Bertz CT molecular complexity index is 406. The van der Waals surface area contributed by atoms with E-state index in [1.54, 1.807) is 0 Å². The molecule has 0 unspecified atom stereocenters. The van der Waals surface area contributed by atoms with Gasteiger partial charge in [0.15, 0.2) is 5.78 Å². The number of carbonyl (C=O) groups excluding carboxylic acids is 1. The summed E-state index contributed by atoms with van der Waals surface area (Å²) in [6.45, 7) is 10.5. The fourth-order valence-corrected chi connectivity index (χ4v) is 1.96. The molecule has 88 valence electrons. The number of Topliss-reactive ketones (excluding diaryl/α,β-unsaturated/α-hetero) is 1. The zero-order valence-corrected chi connectivity index (χ0v) is 10.8. The molecule has 1 aromatic carbocycles. The van der Waals surface area contributed by atoms with Crippen LogP contribution in [0.1, 0.15) is 47.3 Å². The normalized spacial score (nSPS) is 10.3. The van der Waals surface area contributed by atoms with Crippen LogP contribution in [-0.2, 0) is 0 Å². The highest BCUT2D eigenvalue weighted by molar-refractivity contribution is 5.99. The van der Waals surface area contributed by atoms with E-state index in [0.29, 0.717) is 13.0 Å². The van der Waals surface area contributed by atoms with Crippen molar-refractivity contribution in [3.8, 4) is 5.75 Å². The SMILES string of the molecule is CCOc1cc(C)c(C(=O)CC)c(C)c1C. The minimum atomic E-state index is 0.209. The first-order valence-electron chi connectivity index (χ1n) is 5.79. The molecule has 0 fully saturated rings. The van der Waals surface area contributed by atoms with E-state index in [1.165, 1.54) is 0 Å². The van der Waals surface area contributed by atoms with E-state index >= 15 is 0 Å². The van der Waals surface area contributed by atoms with Crippen molar-refractivity contribution in [3.05, 3.63) is 28.3 Å². The number of carbonyl (C=O) groups is 1. The molecule has 0 aliphatic heterocycles. The molecule has 0 aliphatic carbocycles. The third-order valence-corrected chi connectivity index (χ3v) is 2.95. The third kappa shape index (κ3) is 2.26. The zero-order valence-electron chi connectivity index (χ0n) is 10.8. The van der Waals surface area contributed by atoms with Crippen LogP contribution in [-0.4, -0.2) is 12.4 Å². The van der Waals surface area contributed by atoms with Crippen LogP contribution in [0.4, 0.5) is 0 Å². The van der Waals surface area contributed by atoms with Gasteiger partial charge < -0.3 is 4.74 Å². The highest BCUT2D eigenvalue weighted by Gasteiger charge is 2.15. The van der Waals surface area contributed by atoms with Gasteiger partial charge in [-0.3, -0.25) is 4.79 Å². The number of rotatable bonds is 4. The Labute approximate surface area is 97.6 Å². The molecule has 0 radical (unpaired) electrons. The standard InChI is InChI=1S/C14H20O2/c1-6-12(15)14-9(3)8-13(16-7-2)10(4)11(14)5/h8H,6-7H2,1-5H3. The summed E-state index contributed by atoms with van der Waals surface area (Å²) in [5.41, 5.74) is 4.00. The number of ether oxygens (including phenoxy) is 1. The molecule has 0 aliphatic rings. The maximum absolute atomic E-state index is 11.8. The average Bonchev–Trinajstić information content (AvgIpc) is 2.25. The molecule has 0 heterocycles. The van der Waals surface area contributed by atoms with E-state index in [0.717, 1.165) is 28.0 Å². The first-order valence-corrected chi connectivity index (χ1v) is 5.79. The van der Waals surface area contributed by atoms with Crippen LogP contribution in [0.5, 0.6) is 5.75 Å². The number of hydrogen-bond donors (Lipinski definition) is 0. The van der Waals surface area contributed by atoms with Crippen LogP contribution < -0.4 is 4.74 Å². The molecule has 1 aromatic rings. The summed E-state index contributed by atoms with van der Waals surface area (Å²) in [5.74, 6) is 1.10. The van der Waals surface area contributed by atoms with Crippen molar-refractivity contribution in [1.82, 2.24) is 0 Å². The van der Waals surface area contributed by atoms with Gasteiger partial charge in [-0.25, -0.2) is 0 Å². The van der Waals surface area contributed by atoms with Crippen LogP contribution in [0.2, 0.25) is 0 Å². The second-order valence-corrected chi connectivity index (χ2v) is 4.03. The maximum atomic E-state index is 11.8. The Morgan fingerprint density at radius 1 is 1.19 bits per heavy atom. The molecular weight excluding hydrogens is 200 g/mol. The van der Waals surface area contributed by atoms with E-state index in [9.17, 15) is 4.79 Å². The minimum absolute atomic E-state index is 0.209. The fraction of sp³-hybridized carbons (Fsp3) is 0.500. The monoisotopic (exact) mass is 220 g/mol. The van der Waals surface area contributed by atoms with Gasteiger partial charge >= 0.3 is 0 Å². The van der Waals surface area contributed by atoms with Gasteiger partial charge in [0.2, 0.25) is 0 Å². The van der Waals surface area contributed by atoms with Gasteiger partial charge in [-0.05, 0) is 50.5 Å². The van der Waals surface area contributed by atoms with Crippen LogP contribution in [0.3, 0.4) is 0 Å². The summed E-state index contributed by atoms with van der Waals surface area (Å²) in [5, 5.41) is 0. The van der Waals surface area contributed by atoms with E-state index in [-0.39, 0.29) is 5.78 Å². The summed E-state index contributed by atoms with van der Waals surface area (Å²) >= 11 is 0. The minimum Gasteiger partial charge on any atom is -0.494 e. The largest absolute Gasteiger partial charge is 0.494 e. The Morgan fingerprint density at radius 3 is 2.31 bits per heavy atom. The van der Waals surface area contributed by atoms with Crippen molar-refractivity contribution >= 4 is 5.78 Å². The Balaban J connectivity index is 3.34. The number of hydrogen-bond acceptors (Lipinski definition) is 2. The molecule has 0 aromatic heterocycles. The molecule has 0 spiro atoms. The maximum Gasteiger partial charge on any atom is 0.163 e. The molecule has 0 atom stereocenters. The molecule has 1 rings (SSSR count). The van der Waals surface area contributed by atoms with Gasteiger partial charge in [-0.1, -0.05) is 6.92 Å². The lowest BCUT2D eigenvalue weighted by Gasteiger charge is -2.15. The lowest BCUT2D eigenvalue weighted by atomic mass is 9.93. The average molecular weight is 220 g/mol. The Kier molecular flexibility index (Phi) is 4.11. The molecule has 16 heavy (non-hydrogen) atoms. The third-order valence-electron chi connectivity index (χ3n) is 2.95. The first-order chi connectivity index (χ1) is 7.52. The van der Waals surface area contributed by atoms with E-state index in [4.69, 9.17) is 4.74 Å². The van der Waals surface area contributed by atoms with Gasteiger partial charge in [-0.15, -0.1) is 0 Å². The zero-order chi connectivity index (χ0) is 12.3. The van der Waals surface area contributed by atoms with Crippen molar-refractivity contribution in [2.24, 2.45) is 0 Å². The Hall–Kier alpha value is -1.31. The van der Waals surface area contributed by atoms with Gasteiger partial charge in [0.25, 0.3) is 0 Å². The lowest BCUT2D eigenvalue weighted by Crippen LogP contribution is -2.06. The quantitative estimate of drug-likeness (QED) is 0.725. The van der Waals surface area contributed by atoms with Gasteiger partial charge in [0, 0.05) is 12.0 Å². The molecule has 0 N–H and O–H groups in total. The number of aryl methyl sites for hydroxylation is 1. The van der Waals surface area contributed by atoms with Crippen molar-refractivity contribution in [2.75, 3.05) is 6.61 Å². The lowest BCUT2D eigenvalue weighted by molar-refractivity contribution is 0.0987. The van der Waals surface area contributed by atoms with Gasteiger partial charge in [-0.2, -0.15) is 0 Å². The van der Waals surface area contributed by atoms with Crippen LogP contribution in [0.25, 0.3) is 0 Å². The second-order valence-electron chi connectivity index (χ2n) is 4.03. The summed E-state index contributed by atoms with van der Waals surface area (Å²) in [6.07, 6.45) is 0.551. The summed E-state index contributed by atoms with van der Waals surface area (Å²) < 4.78 is 5.56. The van der Waals surface area contributed by atoms with E-state index < -0.39 is 0 Å². The molecular formula is C14H20O2. The topological polar surface area (TPSA) is 26.3 Å². The Morgan fingerprint density at radius 2 is 1.81 bits per heavy atom. The van der Waals surface area contributed by atoms with Crippen molar-refractivity contribution < 1.29 is 9.53 Å². The fourth-order valence-electron chi connectivity index (χ4n) is 1.96. The van der Waals surface area contributed by atoms with Crippen LogP contribution in [0, 0.1) is 20.8 Å². The molecule has 0 bridgehead atoms. The van der Waals surface area contributed by atoms with Crippen molar-refractivity contribution in [1.29, 1.82) is 0 Å². The van der Waals surface area contributed by atoms with E-state index in [1.807, 2.05) is 40.7 Å². The van der Waals surface area contributed by atoms with Crippen LogP contribution >= 0.6 is 0 Å². The molecule has 0 saturated carbocycles. The molecule has 2 heteroatoms. The van der Waals surface area contributed by atoms with Gasteiger partial charge in [0.05, 0.1) is 6.61 Å². The van der Waals surface area contributed by atoms with Crippen LogP contribution in [0.15, 0.2) is 6.07 Å². The first kappa shape index (κ1) is 12.8. The highest BCUT2D eigenvalue weighted by atomic mass is 16.5. The van der Waals surface area contributed by atoms with Crippen molar-refractivity contribution in [3.63, 3.8) is 0 Å². The van der Waals surface area contributed by atoms with Gasteiger partial charge in [0.1, 0.15) is 5.75 Å².